The van der Waals surface area contributed by atoms with E-state index in [1.807, 2.05) is 0 Å². The number of benzene rings is 1. The number of hydrogen-bond donors (Lipinski definition) is 1. The Balaban J connectivity index is 2.16. The molecule has 0 aliphatic carbocycles. The molecule has 1 aliphatic rings. The van der Waals surface area contributed by atoms with Crippen LogP contribution in [0.3, 0.4) is 0 Å². The van der Waals surface area contributed by atoms with Crippen molar-refractivity contribution in [3.63, 3.8) is 0 Å². The van der Waals surface area contributed by atoms with Crippen molar-refractivity contribution in [2.45, 2.75) is 45.2 Å². The van der Waals surface area contributed by atoms with Crippen LogP contribution in [0.5, 0.6) is 0 Å². The molecule has 1 unspecified atom stereocenters. The van der Waals surface area contributed by atoms with E-state index >= 15 is 0 Å². The Labute approximate surface area is 130 Å². The van der Waals surface area contributed by atoms with E-state index in [1.165, 1.54) is 6.07 Å². The summed E-state index contributed by atoms with van der Waals surface area (Å²) in [7, 11) is 0. The number of carbonyl (C=O) groups is 1. The predicted molar refractivity (Wildman–Crippen MR) is 86.5 cm³/mol. The zero-order valence-electron chi connectivity index (χ0n) is 13.3. The molecule has 1 atom stereocenters. The molecule has 2 rings (SSSR count). The fraction of sp³-hybridized carbons (Fsp3) is 0.562. The minimum Gasteiger partial charge on any atom is -0.375 e. The molecule has 1 aromatic rings. The summed E-state index contributed by atoms with van der Waals surface area (Å²) in [6.45, 7) is 8.44. The monoisotopic (exact) mass is 305 g/mol. The van der Waals surface area contributed by atoms with E-state index in [1.54, 1.807) is 12.1 Å². The van der Waals surface area contributed by atoms with E-state index in [0.717, 1.165) is 25.9 Å². The molecular weight excluding hydrogens is 282 g/mol. The quantitative estimate of drug-likeness (QED) is 0.525. The summed E-state index contributed by atoms with van der Waals surface area (Å²) < 4.78 is 0. The normalized spacial score (nSPS) is 19.7. The number of rotatable bonds is 4. The molecule has 6 heteroatoms. The second kappa shape index (κ2) is 6.44. The highest BCUT2D eigenvalue weighted by Crippen LogP contribution is 2.28. The molecule has 1 aromatic carbocycles. The van der Waals surface area contributed by atoms with Gasteiger partial charge >= 0.3 is 0 Å². The maximum absolute atomic E-state index is 11.2. The van der Waals surface area contributed by atoms with Gasteiger partial charge in [0.25, 0.3) is 5.69 Å². The Bertz CT molecular complexity index is 566. The Morgan fingerprint density at radius 3 is 2.73 bits per heavy atom. The third-order valence-corrected chi connectivity index (χ3v) is 4.08. The highest BCUT2D eigenvalue weighted by molar-refractivity contribution is 5.79. The van der Waals surface area contributed by atoms with Gasteiger partial charge in [-0.3, -0.25) is 19.8 Å². The minimum absolute atomic E-state index is 0.0440. The van der Waals surface area contributed by atoms with Gasteiger partial charge in [-0.15, -0.1) is 0 Å². The maximum Gasteiger partial charge on any atom is 0.293 e. The van der Waals surface area contributed by atoms with Crippen LogP contribution in [0.15, 0.2) is 18.2 Å². The van der Waals surface area contributed by atoms with Gasteiger partial charge in [0.2, 0.25) is 0 Å². The van der Waals surface area contributed by atoms with Crippen LogP contribution in [0.25, 0.3) is 0 Å². The molecule has 0 amide bonds. The number of carbonyl (C=O) groups excluding carboxylic acids is 1. The van der Waals surface area contributed by atoms with Crippen LogP contribution in [0, 0.1) is 10.1 Å². The number of nitro benzene ring substituents is 1. The van der Waals surface area contributed by atoms with Gasteiger partial charge in [0.15, 0.2) is 0 Å². The lowest BCUT2D eigenvalue weighted by Crippen LogP contribution is -2.50. The summed E-state index contributed by atoms with van der Waals surface area (Å²) >= 11 is 0. The number of nitro groups is 1. The summed E-state index contributed by atoms with van der Waals surface area (Å²) in [5.41, 5.74) is 0.847. The van der Waals surface area contributed by atoms with E-state index in [0.29, 0.717) is 17.5 Å². The van der Waals surface area contributed by atoms with Crippen molar-refractivity contribution in [3.8, 4) is 0 Å². The maximum atomic E-state index is 11.2. The van der Waals surface area contributed by atoms with Crippen molar-refractivity contribution in [3.05, 3.63) is 33.9 Å². The lowest BCUT2D eigenvalue weighted by atomic mass is 9.98. The molecule has 0 spiro atoms. The lowest BCUT2D eigenvalue weighted by Gasteiger charge is -2.42. The third kappa shape index (κ3) is 3.82. The Morgan fingerprint density at radius 2 is 2.14 bits per heavy atom. The first-order valence-corrected chi connectivity index (χ1v) is 7.56. The van der Waals surface area contributed by atoms with Gasteiger partial charge in [-0.05, 0) is 52.3 Å². The summed E-state index contributed by atoms with van der Waals surface area (Å²) in [6.07, 6.45) is 2.67. The zero-order chi connectivity index (χ0) is 16.3. The van der Waals surface area contributed by atoms with Crippen molar-refractivity contribution >= 4 is 17.7 Å². The number of hydrogen-bond acceptors (Lipinski definition) is 5. The first-order chi connectivity index (χ1) is 10.3. The number of anilines is 1. The van der Waals surface area contributed by atoms with Crippen molar-refractivity contribution in [1.82, 2.24) is 4.90 Å². The van der Waals surface area contributed by atoms with Crippen molar-refractivity contribution < 1.29 is 9.72 Å². The van der Waals surface area contributed by atoms with Gasteiger partial charge in [-0.2, -0.15) is 0 Å². The van der Waals surface area contributed by atoms with E-state index in [-0.39, 0.29) is 17.3 Å². The molecule has 0 saturated carbocycles. The van der Waals surface area contributed by atoms with Crippen LogP contribution < -0.4 is 5.32 Å². The van der Waals surface area contributed by atoms with Crippen LogP contribution in [-0.4, -0.2) is 40.8 Å². The van der Waals surface area contributed by atoms with Gasteiger partial charge in [-0.1, -0.05) is 0 Å². The van der Waals surface area contributed by atoms with E-state index in [9.17, 15) is 14.9 Å². The molecule has 0 radical (unpaired) electrons. The lowest BCUT2D eigenvalue weighted by molar-refractivity contribution is -0.384. The summed E-state index contributed by atoms with van der Waals surface area (Å²) in [6, 6.07) is 4.72. The topological polar surface area (TPSA) is 75.5 Å². The Kier molecular flexibility index (Phi) is 4.81. The van der Waals surface area contributed by atoms with Gasteiger partial charge in [0, 0.05) is 29.8 Å². The zero-order valence-corrected chi connectivity index (χ0v) is 13.3. The van der Waals surface area contributed by atoms with Crippen LogP contribution in [0.4, 0.5) is 11.4 Å². The molecule has 6 nitrogen and oxygen atoms in total. The summed E-state index contributed by atoms with van der Waals surface area (Å²) in [5, 5.41) is 14.5. The van der Waals surface area contributed by atoms with Crippen molar-refractivity contribution in [2.24, 2.45) is 0 Å². The first kappa shape index (κ1) is 16.4. The molecule has 1 aliphatic heterocycles. The number of nitrogens with zero attached hydrogens (tertiary/aromatic N) is 2. The fourth-order valence-electron chi connectivity index (χ4n) is 2.82. The third-order valence-electron chi connectivity index (χ3n) is 4.08. The SMILES string of the molecule is CC(C)(C)N1CCCC(Nc2ccc(C=O)cc2[N+](=O)[O-])C1. The molecule has 1 heterocycles. The van der Waals surface area contributed by atoms with Crippen LogP contribution >= 0.6 is 0 Å². The van der Waals surface area contributed by atoms with E-state index < -0.39 is 4.92 Å². The van der Waals surface area contributed by atoms with Gasteiger partial charge in [0.05, 0.1) is 4.92 Å². The molecule has 1 fully saturated rings. The smallest absolute Gasteiger partial charge is 0.293 e. The average molecular weight is 305 g/mol. The number of aldehydes is 1. The standard InChI is InChI=1S/C16H23N3O3/c1-16(2,3)18-8-4-5-13(10-18)17-14-7-6-12(11-20)9-15(14)19(21)22/h6-7,9,11,13,17H,4-5,8,10H2,1-3H3. The molecule has 1 saturated heterocycles. The highest BCUT2D eigenvalue weighted by atomic mass is 16.6. The summed E-state index contributed by atoms with van der Waals surface area (Å²) in [4.78, 5) is 23.9. The minimum atomic E-state index is -0.445. The molecule has 22 heavy (non-hydrogen) atoms. The van der Waals surface area contributed by atoms with Gasteiger partial charge in [-0.25, -0.2) is 0 Å². The average Bonchev–Trinajstić information content (AvgIpc) is 2.47. The van der Waals surface area contributed by atoms with E-state index in [2.05, 4.69) is 31.0 Å². The molecule has 0 aromatic heterocycles. The fourth-order valence-corrected chi connectivity index (χ4v) is 2.82. The van der Waals surface area contributed by atoms with E-state index in [4.69, 9.17) is 0 Å². The Hall–Kier alpha value is -1.95. The van der Waals surface area contributed by atoms with Crippen LogP contribution in [-0.2, 0) is 0 Å². The number of likely N-dealkylation sites (tertiary alicyclic amines) is 1. The second-order valence-electron chi connectivity index (χ2n) is 6.75. The molecule has 120 valence electrons. The molecule has 1 N–H and O–H groups in total. The highest BCUT2D eigenvalue weighted by Gasteiger charge is 2.28. The number of piperidine rings is 1. The summed E-state index contributed by atoms with van der Waals surface area (Å²) in [5.74, 6) is 0. The van der Waals surface area contributed by atoms with Crippen LogP contribution in [0.2, 0.25) is 0 Å². The van der Waals surface area contributed by atoms with Gasteiger partial charge in [0.1, 0.15) is 12.0 Å². The molecular formula is C16H23N3O3. The molecule has 0 bridgehead atoms. The largest absolute Gasteiger partial charge is 0.375 e. The van der Waals surface area contributed by atoms with Crippen LogP contribution in [0.1, 0.15) is 44.0 Å². The van der Waals surface area contributed by atoms with Crippen molar-refractivity contribution in [2.75, 3.05) is 18.4 Å². The van der Waals surface area contributed by atoms with Crippen molar-refractivity contribution in [1.29, 1.82) is 0 Å². The Morgan fingerprint density at radius 1 is 1.41 bits per heavy atom. The second-order valence-corrected chi connectivity index (χ2v) is 6.75. The number of nitrogens with one attached hydrogen (secondary N) is 1. The predicted octanol–water partition coefficient (Wildman–Crippen LogP) is 3.08. The van der Waals surface area contributed by atoms with Gasteiger partial charge < -0.3 is 5.32 Å². The first-order valence-electron chi connectivity index (χ1n) is 7.56.